The van der Waals surface area contributed by atoms with Crippen molar-refractivity contribution in [1.82, 2.24) is 9.78 Å². The first kappa shape index (κ1) is 12.5. The third-order valence-corrected chi connectivity index (χ3v) is 3.51. The summed E-state index contributed by atoms with van der Waals surface area (Å²) < 4.78 is 2.28. The fourth-order valence-electron chi connectivity index (χ4n) is 1.60. The molecule has 0 fully saturated rings. The summed E-state index contributed by atoms with van der Waals surface area (Å²) in [7, 11) is 0. The van der Waals surface area contributed by atoms with E-state index >= 15 is 0 Å². The third kappa shape index (κ3) is 2.20. The number of aromatic nitrogens is 2. The molecule has 0 spiro atoms. The zero-order chi connectivity index (χ0) is 13.3. The van der Waals surface area contributed by atoms with Crippen LogP contribution in [0.15, 0.2) is 33.5 Å². The maximum Gasteiger partial charge on any atom is 0.272 e. The van der Waals surface area contributed by atoms with Crippen molar-refractivity contribution in [2.24, 2.45) is 0 Å². The van der Waals surface area contributed by atoms with Gasteiger partial charge in [-0.25, -0.2) is 0 Å². The van der Waals surface area contributed by atoms with Crippen LogP contribution in [0.5, 0.6) is 0 Å². The van der Waals surface area contributed by atoms with E-state index in [-0.39, 0.29) is 5.56 Å². The van der Waals surface area contributed by atoms with Crippen molar-refractivity contribution < 1.29 is 0 Å². The molecule has 90 valence electrons. The van der Waals surface area contributed by atoms with E-state index < -0.39 is 0 Å². The molecule has 2 aromatic rings. The lowest BCUT2D eigenvalue weighted by molar-refractivity contribution is 0.781. The van der Waals surface area contributed by atoms with Gasteiger partial charge in [0, 0.05) is 10.5 Å². The minimum absolute atomic E-state index is 0.307. The van der Waals surface area contributed by atoms with Crippen LogP contribution in [0.3, 0.4) is 0 Å². The van der Waals surface area contributed by atoms with Crippen LogP contribution in [0.25, 0.3) is 5.69 Å². The number of rotatable bonds is 1. The topological polar surface area (TPSA) is 58.7 Å². The second-order valence-electron chi connectivity index (χ2n) is 3.94. The van der Waals surface area contributed by atoms with Gasteiger partial charge in [0.1, 0.15) is 6.07 Å². The summed E-state index contributed by atoms with van der Waals surface area (Å²) in [6.07, 6.45) is 0. The molecule has 1 aromatic heterocycles. The van der Waals surface area contributed by atoms with Crippen LogP contribution >= 0.6 is 15.9 Å². The van der Waals surface area contributed by atoms with E-state index in [1.807, 2.05) is 25.1 Å². The Hall–Kier alpha value is -1.93. The summed E-state index contributed by atoms with van der Waals surface area (Å²) in [6.45, 7) is 3.65. The molecule has 0 amide bonds. The standard InChI is InChI=1S/C13H10BrN3O/c1-8-5-11(3-4-12(8)14)17-13(18)6-10(7-15)9(2)16-17/h3-6H,1-2H3. The van der Waals surface area contributed by atoms with E-state index in [2.05, 4.69) is 21.0 Å². The van der Waals surface area contributed by atoms with Crippen LogP contribution in [0.1, 0.15) is 16.8 Å². The minimum atomic E-state index is -0.307. The van der Waals surface area contributed by atoms with Crippen molar-refractivity contribution in [3.63, 3.8) is 0 Å². The molecule has 0 N–H and O–H groups in total. The van der Waals surface area contributed by atoms with Crippen LogP contribution in [-0.4, -0.2) is 9.78 Å². The molecule has 0 radical (unpaired) electrons. The second kappa shape index (κ2) is 4.75. The first-order valence-electron chi connectivity index (χ1n) is 5.30. The van der Waals surface area contributed by atoms with Crippen molar-refractivity contribution >= 4 is 15.9 Å². The maximum atomic E-state index is 11.9. The quantitative estimate of drug-likeness (QED) is 0.813. The summed E-state index contributed by atoms with van der Waals surface area (Å²) in [5.74, 6) is 0. The number of nitrogens with zero attached hydrogens (tertiary/aromatic N) is 3. The summed E-state index contributed by atoms with van der Waals surface area (Å²) in [6, 6.07) is 8.79. The predicted octanol–water partition coefficient (Wildman–Crippen LogP) is 2.48. The smallest absolute Gasteiger partial charge is 0.267 e. The van der Waals surface area contributed by atoms with E-state index in [1.165, 1.54) is 10.7 Å². The second-order valence-corrected chi connectivity index (χ2v) is 4.79. The maximum absolute atomic E-state index is 11.9. The van der Waals surface area contributed by atoms with E-state index in [0.29, 0.717) is 16.9 Å². The summed E-state index contributed by atoms with van der Waals surface area (Å²) >= 11 is 3.41. The highest BCUT2D eigenvalue weighted by molar-refractivity contribution is 9.10. The van der Waals surface area contributed by atoms with E-state index in [1.54, 1.807) is 13.0 Å². The highest BCUT2D eigenvalue weighted by atomic mass is 79.9. The van der Waals surface area contributed by atoms with Crippen LogP contribution in [0.4, 0.5) is 0 Å². The lowest BCUT2D eigenvalue weighted by Gasteiger charge is -2.07. The van der Waals surface area contributed by atoms with Crippen LogP contribution in [-0.2, 0) is 0 Å². The van der Waals surface area contributed by atoms with Crippen molar-refractivity contribution in [1.29, 1.82) is 5.26 Å². The highest BCUT2D eigenvalue weighted by Crippen LogP contribution is 2.18. The molecule has 4 nitrogen and oxygen atoms in total. The average molecular weight is 304 g/mol. The molecule has 5 heteroatoms. The van der Waals surface area contributed by atoms with Gasteiger partial charge in [-0.3, -0.25) is 4.79 Å². The van der Waals surface area contributed by atoms with Crippen LogP contribution < -0.4 is 5.56 Å². The summed E-state index contributed by atoms with van der Waals surface area (Å²) in [5, 5.41) is 13.0. The monoisotopic (exact) mass is 303 g/mol. The minimum Gasteiger partial charge on any atom is -0.267 e. The Labute approximate surface area is 113 Å². The fourth-order valence-corrected chi connectivity index (χ4v) is 1.85. The van der Waals surface area contributed by atoms with Gasteiger partial charge in [0.15, 0.2) is 0 Å². The van der Waals surface area contributed by atoms with Gasteiger partial charge >= 0.3 is 0 Å². The summed E-state index contributed by atoms with van der Waals surface area (Å²) in [4.78, 5) is 11.9. The highest BCUT2D eigenvalue weighted by Gasteiger charge is 2.07. The average Bonchev–Trinajstić information content (AvgIpc) is 2.35. The van der Waals surface area contributed by atoms with E-state index in [9.17, 15) is 4.79 Å². The molecule has 2 rings (SSSR count). The predicted molar refractivity (Wildman–Crippen MR) is 71.7 cm³/mol. The zero-order valence-corrected chi connectivity index (χ0v) is 11.5. The van der Waals surface area contributed by atoms with Gasteiger partial charge in [-0.05, 0) is 37.6 Å². The SMILES string of the molecule is Cc1cc(-n2nc(C)c(C#N)cc2=O)ccc1Br. The Balaban J connectivity index is 2.65. The molecule has 0 aliphatic carbocycles. The van der Waals surface area contributed by atoms with Gasteiger partial charge < -0.3 is 0 Å². The van der Waals surface area contributed by atoms with Crippen LogP contribution in [0.2, 0.25) is 0 Å². The fraction of sp³-hybridized carbons (Fsp3) is 0.154. The van der Waals surface area contributed by atoms with Gasteiger partial charge in [-0.15, -0.1) is 0 Å². The van der Waals surface area contributed by atoms with Crippen molar-refractivity contribution in [2.75, 3.05) is 0 Å². The first-order chi connectivity index (χ1) is 8.52. The van der Waals surface area contributed by atoms with Gasteiger partial charge in [0.25, 0.3) is 5.56 Å². The number of aryl methyl sites for hydroxylation is 2. The lowest BCUT2D eigenvalue weighted by Crippen LogP contribution is -2.22. The van der Waals surface area contributed by atoms with Gasteiger partial charge in [-0.2, -0.15) is 15.0 Å². The van der Waals surface area contributed by atoms with Gasteiger partial charge in [0.2, 0.25) is 0 Å². The van der Waals surface area contributed by atoms with E-state index in [4.69, 9.17) is 5.26 Å². The molecule has 0 aliphatic heterocycles. The Kier molecular flexibility index (Phi) is 3.30. The molecule has 1 aromatic carbocycles. The molecular formula is C13H10BrN3O. The molecule has 0 aliphatic rings. The summed E-state index contributed by atoms with van der Waals surface area (Å²) in [5.41, 5.74) is 2.25. The van der Waals surface area contributed by atoms with Gasteiger partial charge in [-0.1, -0.05) is 15.9 Å². The largest absolute Gasteiger partial charge is 0.272 e. The number of hydrogen-bond donors (Lipinski definition) is 0. The van der Waals surface area contributed by atoms with E-state index in [0.717, 1.165) is 10.0 Å². The molecular weight excluding hydrogens is 294 g/mol. The van der Waals surface area contributed by atoms with Crippen molar-refractivity contribution in [3.8, 4) is 11.8 Å². The first-order valence-corrected chi connectivity index (χ1v) is 6.10. The number of hydrogen-bond acceptors (Lipinski definition) is 3. The molecule has 0 saturated carbocycles. The molecule has 0 unspecified atom stereocenters. The van der Waals surface area contributed by atoms with Crippen LogP contribution in [0, 0.1) is 25.2 Å². The molecule has 1 heterocycles. The molecule has 0 saturated heterocycles. The molecule has 0 atom stereocenters. The number of nitriles is 1. The molecule has 18 heavy (non-hydrogen) atoms. The third-order valence-electron chi connectivity index (χ3n) is 2.62. The lowest BCUT2D eigenvalue weighted by atomic mass is 10.2. The van der Waals surface area contributed by atoms with Crippen molar-refractivity contribution in [3.05, 3.63) is 55.9 Å². The Morgan fingerprint density at radius 2 is 2.06 bits per heavy atom. The Morgan fingerprint density at radius 3 is 2.67 bits per heavy atom. The van der Waals surface area contributed by atoms with Gasteiger partial charge in [0.05, 0.1) is 16.9 Å². The Bertz CT molecular complexity index is 713. The zero-order valence-electron chi connectivity index (χ0n) is 9.94. The molecule has 0 bridgehead atoms. The normalized spacial score (nSPS) is 10.1. The number of benzene rings is 1. The Morgan fingerprint density at radius 1 is 1.33 bits per heavy atom. The number of halogens is 1. The van der Waals surface area contributed by atoms with Crippen molar-refractivity contribution in [2.45, 2.75) is 13.8 Å².